The van der Waals surface area contributed by atoms with Gasteiger partial charge in [-0.1, -0.05) is 0 Å². The van der Waals surface area contributed by atoms with E-state index in [9.17, 15) is 4.79 Å². The van der Waals surface area contributed by atoms with Gasteiger partial charge in [-0.2, -0.15) is 0 Å². The lowest BCUT2D eigenvalue weighted by Crippen LogP contribution is -2.07. The summed E-state index contributed by atoms with van der Waals surface area (Å²) in [6.45, 7) is 4.07. The Labute approximate surface area is 109 Å². The number of anilines is 2. The third kappa shape index (κ3) is 2.65. The first-order valence-electron chi connectivity index (χ1n) is 5.50. The molecule has 0 aliphatic rings. The third-order valence-electron chi connectivity index (χ3n) is 2.32. The van der Waals surface area contributed by atoms with Gasteiger partial charge in [0.1, 0.15) is 5.00 Å². The zero-order valence-electron chi connectivity index (χ0n) is 10.1. The minimum atomic E-state index is -0.414. The van der Waals surface area contributed by atoms with Crippen LogP contribution in [0.25, 0.3) is 0 Å². The van der Waals surface area contributed by atoms with Gasteiger partial charge in [-0.3, -0.25) is 4.98 Å². The highest BCUT2D eigenvalue weighted by Gasteiger charge is 2.16. The van der Waals surface area contributed by atoms with Crippen molar-refractivity contribution in [3.05, 3.63) is 35.2 Å². The average Bonchev–Trinajstić information content (AvgIpc) is 2.81. The number of carbonyl (C=O) groups excluding carboxylic acids is 1. The second kappa shape index (κ2) is 5.59. The maximum Gasteiger partial charge on any atom is 0.360 e. The Balaban J connectivity index is 2.23. The number of thiazole rings is 1. The standard InChI is InChI=1S/C12H13N3O2S/c1-3-17-12(16)10-11(18-7-14-10)15-9-6-13-5-4-8(9)2/h4-7,15H,3H2,1-2H3. The van der Waals surface area contributed by atoms with E-state index in [1.54, 1.807) is 24.8 Å². The molecule has 0 radical (unpaired) electrons. The molecule has 18 heavy (non-hydrogen) atoms. The van der Waals surface area contributed by atoms with Crippen molar-refractivity contribution >= 4 is 28.0 Å². The number of nitrogens with one attached hydrogen (secondary N) is 1. The lowest BCUT2D eigenvalue weighted by molar-refractivity contribution is 0.0521. The molecule has 1 N–H and O–H groups in total. The van der Waals surface area contributed by atoms with Crippen LogP contribution >= 0.6 is 11.3 Å². The van der Waals surface area contributed by atoms with Crippen molar-refractivity contribution in [2.75, 3.05) is 11.9 Å². The van der Waals surface area contributed by atoms with Gasteiger partial charge in [-0.05, 0) is 25.5 Å². The van der Waals surface area contributed by atoms with E-state index >= 15 is 0 Å². The second-order valence-corrected chi connectivity index (χ2v) is 4.42. The summed E-state index contributed by atoms with van der Waals surface area (Å²) < 4.78 is 4.94. The Morgan fingerprint density at radius 3 is 3.11 bits per heavy atom. The third-order valence-corrected chi connectivity index (χ3v) is 3.07. The maximum atomic E-state index is 11.7. The fourth-order valence-electron chi connectivity index (χ4n) is 1.40. The van der Waals surface area contributed by atoms with Crippen molar-refractivity contribution in [2.24, 2.45) is 0 Å². The first-order valence-corrected chi connectivity index (χ1v) is 6.38. The highest BCUT2D eigenvalue weighted by atomic mass is 32.1. The molecule has 0 unspecified atom stereocenters. The second-order valence-electron chi connectivity index (χ2n) is 3.57. The maximum absolute atomic E-state index is 11.7. The van der Waals surface area contributed by atoms with E-state index in [4.69, 9.17) is 4.74 Å². The molecule has 0 saturated heterocycles. The van der Waals surface area contributed by atoms with Crippen molar-refractivity contribution in [1.82, 2.24) is 9.97 Å². The van der Waals surface area contributed by atoms with Crippen molar-refractivity contribution in [3.63, 3.8) is 0 Å². The molecule has 2 aromatic heterocycles. The molecule has 0 aromatic carbocycles. The van der Waals surface area contributed by atoms with Crippen LogP contribution in [0.3, 0.4) is 0 Å². The monoisotopic (exact) mass is 263 g/mol. The molecule has 0 spiro atoms. The normalized spacial score (nSPS) is 10.1. The number of pyridine rings is 1. The van der Waals surface area contributed by atoms with Crippen LogP contribution < -0.4 is 5.32 Å². The molecule has 0 atom stereocenters. The van der Waals surface area contributed by atoms with E-state index in [0.717, 1.165) is 11.3 Å². The van der Waals surface area contributed by atoms with Crippen molar-refractivity contribution in [2.45, 2.75) is 13.8 Å². The van der Waals surface area contributed by atoms with E-state index in [-0.39, 0.29) is 0 Å². The van der Waals surface area contributed by atoms with E-state index in [0.29, 0.717) is 17.3 Å². The van der Waals surface area contributed by atoms with Crippen LogP contribution in [0.2, 0.25) is 0 Å². The fourth-order valence-corrected chi connectivity index (χ4v) is 2.08. The van der Waals surface area contributed by atoms with E-state index < -0.39 is 5.97 Å². The molecular formula is C12H13N3O2S. The lowest BCUT2D eigenvalue weighted by Gasteiger charge is -2.07. The molecule has 94 valence electrons. The summed E-state index contributed by atoms with van der Waals surface area (Å²) in [5, 5.41) is 3.82. The van der Waals surface area contributed by atoms with Gasteiger partial charge in [0.25, 0.3) is 0 Å². The van der Waals surface area contributed by atoms with E-state index in [1.807, 2.05) is 13.0 Å². The summed E-state index contributed by atoms with van der Waals surface area (Å²) in [6, 6.07) is 1.90. The number of nitrogens with zero attached hydrogens (tertiary/aromatic N) is 2. The van der Waals surface area contributed by atoms with Crippen LogP contribution in [0.5, 0.6) is 0 Å². The fraction of sp³-hybridized carbons (Fsp3) is 0.250. The van der Waals surface area contributed by atoms with Crippen molar-refractivity contribution in [3.8, 4) is 0 Å². The van der Waals surface area contributed by atoms with Gasteiger partial charge >= 0.3 is 5.97 Å². The molecular weight excluding hydrogens is 250 g/mol. The largest absolute Gasteiger partial charge is 0.461 e. The van der Waals surface area contributed by atoms with Crippen LogP contribution in [0, 0.1) is 6.92 Å². The smallest absolute Gasteiger partial charge is 0.360 e. The highest BCUT2D eigenvalue weighted by Crippen LogP contribution is 2.26. The van der Waals surface area contributed by atoms with Crippen LogP contribution in [0.1, 0.15) is 23.0 Å². The number of aryl methyl sites for hydroxylation is 1. The molecule has 5 nitrogen and oxygen atoms in total. The van der Waals surface area contributed by atoms with Crippen molar-refractivity contribution < 1.29 is 9.53 Å². The van der Waals surface area contributed by atoms with Gasteiger partial charge in [-0.15, -0.1) is 11.3 Å². The molecule has 2 heterocycles. The molecule has 0 aliphatic carbocycles. The Bertz CT molecular complexity index is 554. The SMILES string of the molecule is CCOC(=O)c1ncsc1Nc1cnccc1C. The van der Waals surface area contributed by atoms with Gasteiger partial charge in [-0.25, -0.2) is 9.78 Å². The zero-order chi connectivity index (χ0) is 13.0. The first-order chi connectivity index (χ1) is 8.72. The number of hydrogen-bond donors (Lipinski definition) is 1. The van der Waals surface area contributed by atoms with Crippen LogP contribution in [0.15, 0.2) is 24.0 Å². The summed E-state index contributed by atoms with van der Waals surface area (Å²) >= 11 is 1.36. The Kier molecular flexibility index (Phi) is 3.88. The zero-order valence-corrected chi connectivity index (χ0v) is 11.0. The lowest BCUT2D eigenvalue weighted by atomic mass is 10.2. The molecule has 0 aliphatic heterocycles. The summed E-state index contributed by atoms with van der Waals surface area (Å²) in [6.07, 6.45) is 3.43. The quantitative estimate of drug-likeness (QED) is 0.859. The molecule has 0 bridgehead atoms. The summed E-state index contributed by atoms with van der Waals surface area (Å²) in [4.78, 5) is 19.7. The molecule has 0 fully saturated rings. The summed E-state index contributed by atoms with van der Waals surface area (Å²) in [7, 11) is 0. The predicted octanol–water partition coefficient (Wildman–Crippen LogP) is 2.77. The van der Waals surface area contributed by atoms with Crippen LogP contribution in [0.4, 0.5) is 10.7 Å². The number of rotatable bonds is 4. The summed E-state index contributed by atoms with van der Waals surface area (Å²) in [5.74, 6) is -0.414. The molecule has 0 amide bonds. The van der Waals surface area contributed by atoms with Crippen LogP contribution in [-0.2, 0) is 4.74 Å². The Morgan fingerprint density at radius 2 is 2.39 bits per heavy atom. The minimum absolute atomic E-state index is 0.310. The first kappa shape index (κ1) is 12.5. The molecule has 0 saturated carbocycles. The number of esters is 1. The van der Waals surface area contributed by atoms with Gasteiger partial charge in [0.05, 0.1) is 24.0 Å². The number of ether oxygens (including phenoxy) is 1. The number of aromatic nitrogens is 2. The number of hydrogen-bond acceptors (Lipinski definition) is 6. The molecule has 2 rings (SSSR count). The Morgan fingerprint density at radius 1 is 1.56 bits per heavy atom. The predicted molar refractivity (Wildman–Crippen MR) is 70.3 cm³/mol. The Hall–Kier alpha value is -1.95. The van der Waals surface area contributed by atoms with Gasteiger partial charge in [0, 0.05) is 6.20 Å². The van der Waals surface area contributed by atoms with E-state index in [2.05, 4.69) is 15.3 Å². The highest BCUT2D eigenvalue weighted by molar-refractivity contribution is 7.14. The molecule has 2 aromatic rings. The number of carbonyl (C=O) groups is 1. The topological polar surface area (TPSA) is 64.1 Å². The van der Waals surface area contributed by atoms with E-state index in [1.165, 1.54) is 11.3 Å². The minimum Gasteiger partial charge on any atom is -0.461 e. The average molecular weight is 263 g/mol. The summed E-state index contributed by atoms with van der Waals surface area (Å²) in [5.41, 5.74) is 3.82. The molecule has 6 heteroatoms. The van der Waals surface area contributed by atoms with Gasteiger partial charge in [0.15, 0.2) is 5.69 Å². The van der Waals surface area contributed by atoms with Gasteiger partial charge < -0.3 is 10.1 Å². The van der Waals surface area contributed by atoms with Crippen molar-refractivity contribution in [1.29, 1.82) is 0 Å². The van der Waals surface area contributed by atoms with Gasteiger partial charge in [0.2, 0.25) is 0 Å². The van der Waals surface area contributed by atoms with Crippen LogP contribution in [-0.4, -0.2) is 22.5 Å².